The van der Waals surface area contributed by atoms with Crippen LogP contribution < -0.4 is 5.56 Å². The van der Waals surface area contributed by atoms with Crippen LogP contribution in [0.3, 0.4) is 0 Å². The van der Waals surface area contributed by atoms with E-state index in [9.17, 15) is 19.8 Å². The molecule has 4 rings (SSSR count). The number of fused-ring (bicyclic) bond motifs is 1. The summed E-state index contributed by atoms with van der Waals surface area (Å²) >= 11 is 0. The average molecular weight is 386 g/mol. The molecule has 0 spiro atoms. The van der Waals surface area contributed by atoms with Gasteiger partial charge in [0.1, 0.15) is 24.9 Å². The van der Waals surface area contributed by atoms with Crippen LogP contribution in [0.2, 0.25) is 0 Å². The Morgan fingerprint density at radius 3 is 2.75 bits per heavy atom. The van der Waals surface area contributed by atoms with Crippen LogP contribution in [0.5, 0.6) is 0 Å². The Kier molecular flexibility index (Phi) is 4.67. The minimum Gasteiger partial charge on any atom is -0.459 e. The van der Waals surface area contributed by atoms with Gasteiger partial charge in [0, 0.05) is 0 Å². The fraction of sp³-hybridized carbons (Fsp3) is 0.333. The number of imidazole rings is 1. The Hall–Kier alpha value is -3.08. The van der Waals surface area contributed by atoms with Gasteiger partial charge in [-0.3, -0.25) is 9.36 Å². The molecule has 28 heavy (non-hydrogen) atoms. The number of benzene rings is 1. The number of aromatic amines is 1. The van der Waals surface area contributed by atoms with Crippen molar-refractivity contribution in [2.75, 3.05) is 6.61 Å². The van der Waals surface area contributed by atoms with Gasteiger partial charge < -0.3 is 24.7 Å². The van der Waals surface area contributed by atoms with Gasteiger partial charge in [-0.25, -0.2) is 14.8 Å². The molecule has 1 aromatic carbocycles. The Balaban J connectivity index is 1.48. The van der Waals surface area contributed by atoms with E-state index in [4.69, 9.17) is 9.47 Å². The number of rotatable bonds is 4. The lowest BCUT2D eigenvalue weighted by atomic mass is 10.1. The lowest BCUT2D eigenvalue weighted by molar-refractivity contribution is -0.0565. The zero-order chi connectivity index (χ0) is 19.8. The second-order valence-corrected chi connectivity index (χ2v) is 6.57. The van der Waals surface area contributed by atoms with E-state index < -0.39 is 36.1 Å². The molecule has 0 bridgehead atoms. The van der Waals surface area contributed by atoms with Crippen molar-refractivity contribution in [1.82, 2.24) is 19.5 Å². The number of aryl methyl sites for hydroxylation is 1. The minimum absolute atomic E-state index is 0.0852. The number of nitrogens with one attached hydrogen (secondary N) is 1. The summed E-state index contributed by atoms with van der Waals surface area (Å²) in [5, 5.41) is 20.6. The molecule has 1 aliphatic heterocycles. The third-order valence-corrected chi connectivity index (χ3v) is 4.64. The molecule has 10 nitrogen and oxygen atoms in total. The molecule has 10 heteroatoms. The zero-order valence-corrected chi connectivity index (χ0v) is 14.8. The van der Waals surface area contributed by atoms with E-state index >= 15 is 0 Å². The largest absolute Gasteiger partial charge is 0.459 e. The second kappa shape index (κ2) is 7.15. The lowest BCUT2D eigenvalue weighted by Gasteiger charge is -2.16. The van der Waals surface area contributed by atoms with E-state index in [0.717, 1.165) is 5.56 Å². The average Bonchev–Trinajstić information content (AvgIpc) is 3.23. The summed E-state index contributed by atoms with van der Waals surface area (Å²) < 4.78 is 12.3. The van der Waals surface area contributed by atoms with Gasteiger partial charge in [-0.1, -0.05) is 17.7 Å². The number of esters is 1. The number of hydrogen-bond acceptors (Lipinski definition) is 8. The third-order valence-electron chi connectivity index (χ3n) is 4.64. The van der Waals surface area contributed by atoms with E-state index in [1.165, 1.54) is 17.2 Å². The van der Waals surface area contributed by atoms with Crippen LogP contribution in [0, 0.1) is 6.92 Å². The summed E-state index contributed by atoms with van der Waals surface area (Å²) in [5.41, 5.74) is 1.25. The topological polar surface area (TPSA) is 140 Å². The van der Waals surface area contributed by atoms with Gasteiger partial charge in [0.05, 0.1) is 18.2 Å². The number of aromatic nitrogens is 4. The van der Waals surface area contributed by atoms with Gasteiger partial charge in [0.15, 0.2) is 17.4 Å². The van der Waals surface area contributed by atoms with Crippen molar-refractivity contribution < 1.29 is 24.5 Å². The van der Waals surface area contributed by atoms with Gasteiger partial charge in [-0.05, 0) is 19.1 Å². The van der Waals surface area contributed by atoms with Crippen LogP contribution in [0.15, 0.2) is 41.7 Å². The third kappa shape index (κ3) is 3.17. The van der Waals surface area contributed by atoms with Crippen molar-refractivity contribution in [2.24, 2.45) is 0 Å². The summed E-state index contributed by atoms with van der Waals surface area (Å²) in [6.07, 6.45) is -2.08. The van der Waals surface area contributed by atoms with Gasteiger partial charge in [-0.2, -0.15) is 0 Å². The van der Waals surface area contributed by atoms with Crippen LogP contribution in [-0.2, 0) is 9.47 Å². The molecular weight excluding hydrogens is 368 g/mol. The minimum atomic E-state index is -1.32. The summed E-state index contributed by atoms with van der Waals surface area (Å²) in [7, 11) is 0. The number of nitrogens with zero attached hydrogens (tertiary/aromatic N) is 3. The summed E-state index contributed by atoms with van der Waals surface area (Å²) in [6.45, 7) is 1.66. The maximum atomic E-state index is 12.1. The quantitative estimate of drug-likeness (QED) is 0.529. The maximum Gasteiger partial charge on any atom is 0.338 e. The highest BCUT2D eigenvalue weighted by molar-refractivity contribution is 5.89. The molecule has 0 aliphatic carbocycles. The highest BCUT2D eigenvalue weighted by Crippen LogP contribution is 2.31. The molecule has 1 saturated heterocycles. The first kappa shape index (κ1) is 18.3. The number of aliphatic hydroxyl groups excluding tert-OH is 2. The molecule has 2 aromatic heterocycles. The predicted molar refractivity (Wildman–Crippen MR) is 95.5 cm³/mol. The molecule has 0 saturated carbocycles. The number of H-pyrrole nitrogens is 1. The van der Waals surface area contributed by atoms with Crippen LogP contribution in [0.25, 0.3) is 11.2 Å². The van der Waals surface area contributed by atoms with Crippen molar-refractivity contribution in [3.8, 4) is 0 Å². The molecule has 1 fully saturated rings. The highest BCUT2D eigenvalue weighted by Gasteiger charge is 2.45. The number of aliphatic hydroxyl groups is 2. The second-order valence-electron chi connectivity index (χ2n) is 6.57. The molecule has 1 aliphatic rings. The smallest absolute Gasteiger partial charge is 0.338 e. The van der Waals surface area contributed by atoms with Gasteiger partial charge >= 0.3 is 5.97 Å². The standard InChI is InChI=1S/C18H18N4O6/c1-9-2-4-10(5-3-9)18(26)27-6-11-13(23)14(24)17(28-11)22-8-21-12-15(22)19-7-20-16(12)25/h2-5,7-8,11,13-14,17,23-24H,6H2,1H3,(H,19,20,25)/t11-,13-,14-,17-/m1/s1. The molecule has 0 unspecified atom stereocenters. The number of hydrogen-bond donors (Lipinski definition) is 3. The summed E-state index contributed by atoms with van der Waals surface area (Å²) in [5.74, 6) is -0.560. The van der Waals surface area contributed by atoms with Crippen LogP contribution >= 0.6 is 0 Å². The van der Waals surface area contributed by atoms with Crippen LogP contribution in [0.4, 0.5) is 0 Å². The Labute approximate surface area is 158 Å². The molecule has 146 valence electrons. The lowest BCUT2D eigenvalue weighted by Crippen LogP contribution is -2.34. The van der Waals surface area contributed by atoms with E-state index in [2.05, 4.69) is 15.0 Å². The Bertz CT molecular complexity index is 1060. The van der Waals surface area contributed by atoms with Gasteiger partial charge in [-0.15, -0.1) is 0 Å². The van der Waals surface area contributed by atoms with Crippen molar-refractivity contribution in [1.29, 1.82) is 0 Å². The first-order valence-corrected chi connectivity index (χ1v) is 8.61. The van der Waals surface area contributed by atoms with Crippen LogP contribution in [-0.4, -0.2) is 60.6 Å². The first-order chi connectivity index (χ1) is 13.5. The zero-order valence-electron chi connectivity index (χ0n) is 14.8. The molecule has 3 aromatic rings. The van der Waals surface area contributed by atoms with Crippen molar-refractivity contribution in [3.05, 3.63) is 58.4 Å². The molecule has 0 radical (unpaired) electrons. The van der Waals surface area contributed by atoms with E-state index in [-0.39, 0.29) is 17.8 Å². The van der Waals surface area contributed by atoms with Crippen molar-refractivity contribution >= 4 is 17.1 Å². The number of carbonyl (C=O) groups is 1. The fourth-order valence-electron chi connectivity index (χ4n) is 3.08. The molecule has 0 amide bonds. The van der Waals surface area contributed by atoms with E-state index in [1.54, 1.807) is 24.3 Å². The Morgan fingerprint density at radius 1 is 1.25 bits per heavy atom. The normalized spacial score (nSPS) is 24.5. The van der Waals surface area contributed by atoms with E-state index in [1.807, 2.05) is 6.92 Å². The van der Waals surface area contributed by atoms with Gasteiger partial charge in [0.25, 0.3) is 5.56 Å². The summed E-state index contributed by atoms with van der Waals surface area (Å²) in [6, 6.07) is 6.86. The number of ether oxygens (including phenoxy) is 2. The predicted octanol–water partition coefficient (Wildman–Crippen LogP) is -0.0958. The van der Waals surface area contributed by atoms with Crippen molar-refractivity contribution in [2.45, 2.75) is 31.5 Å². The van der Waals surface area contributed by atoms with Gasteiger partial charge in [0.2, 0.25) is 0 Å². The van der Waals surface area contributed by atoms with E-state index in [0.29, 0.717) is 5.56 Å². The fourth-order valence-corrected chi connectivity index (χ4v) is 3.08. The molecule has 4 atom stereocenters. The number of carbonyl (C=O) groups excluding carboxylic acids is 1. The molecule has 3 N–H and O–H groups in total. The Morgan fingerprint density at radius 2 is 2.00 bits per heavy atom. The first-order valence-electron chi connectivity index (χ1n) is 8.61. The highest BCUT2D eigenvalue weighted by atomic mass is 16.6. The molecule has 3 heterocycles. The summed E-state index contributed by atoms with van der Waals surface area (Å²) in [4.78, 5) is 34.3. The van der Waals surface area contributed by atoms with Crippen molar-refractivity contribution in [3.63, 3.8) is 0 Å². The molecular formula is C18H18N4O6. The SMILES string of the molecule is Cc1ccc(C(=O)OC[C@H]2O[C@@H](n3cnc4c(=O)[nH]cnc43)[C@H](O)[C@@H]2O)cc1. The maximum absolute atomic E-state index is 12.1. The van der Waals surface area contributed by atoms with Crippen LogP contribution in [0.1, 0.15) is 22.1 Å². The monoisotopic (exact) mass is 386 g/mol.